The second-order valence-corrected chi connectivity index (χ2v) is 6.70. The lowest BCUT2D eigenvalue weighted by molar-refractivity contribution is -0.148. The summed E-state index contributed by atoms with van der Waals surface area (Å²) in [6, 6.07) is 10.7. The maximum Gasteiger partial charge on any atom is 0.401 e. The van der Waals surface area contributed by atoms with E-state index in [1.165, 1.54) is 10.5 Å². The van der Waals surface area contributed by atoms with Gasteiger partial charge in [-0.25, -0.2) is 0 Å². The smallest absolute Gasteiger partial charge is 0.314 e. The zero-order valence-corrected chi connectivity index (χ0v) is 14.4. The van der Waals surface area contributed by atoms with Gasteiger partial charge in [0.15, 0.2) is 0 Å². The van der Waals surface area contributed by atoms with Crippen LogP contribution in [0.1, 0.15) is 24.8 Å². The second-order valence-electron chi connectivity index (χ2n) is 6.70. The fraction of sp³-hybridized carbons (Fsp3) is 0.667. The summed E-state index contributed by atoms with van der Waals surface area (Å²) in [6.45, 7) is 3.16. The number of piperidine rings is 1. The Kier molecular flexibility index (Phi) is 7.52. The average Bonchev–Trinajstić information content (AvgIpc) is 2.53. The van der Waals surface area contributed by atoms with E-state index in [2.05, 4.69) is 41.5 Å². The zero-order chi connectivity index (χ0) is 17.4. The first-order valence-electron chi connectivity index (χ1n) is 8.67. The Labute approximate surface area is 142 Å². The molecule has 0 saturated carbocycles. The molecule has 1 heterocycles. The van der Waals surface area contributed by atoms with Crippen LogP contribution in [0, 0.1) is 0 Å². The standard InChI is InChI=1S/C18H28F3N3/c1-23(14-16-6-3-2-4-7-16)11-5-10-22-17-8-12-24(13-9-17)15-18(19,20)21/h2-4,6-7,17,22H,5,8-15H2,1H3. The lowest BCUT2D eigenvalue weighted by atomic mass is 10.0. The van der Waals surface area contributed by atoms with E-state index in [-0.39, 0.29) is 0 Å². The zero-order valence-electron chi connectivity index (χ0n) is 14.4. The molecule has 1 aliphatic rings. The highest BCUT2D eigenvalue weighted by molar-refractivity contribution is 5.14. The van der Waals surface area contributed by atoms with E-state index < -0.39 is 12.7 Å². The lowest BCUT2D eigenvalue weighted by Gasteiger charge is -2.32. The second kappa shape index (κ2) is 9.39. The van der Waals surface area contributed by atoms with Crippen LogP contribution in [0.5, 0.6) is 0 Å². The summed E-state index contributed by atoms with van der Waals surface area (Å²) in [4.78, 5) is 3.80. The molecule has 0 atom stereocenters. The number of nitrogens with one attached hydrogen (secondary N) is 1. The fourth-order valence-corrected chi connectivity index (χ4v) is 3.18. The van der Waals surface area contributed by atoms with Crippen LogP contribution in [0.15, 0.2) is 30.3 Å². The van der Waals surface area contributed by atoms with E-state index in [0.717, 1.165) is 38.9 Å². The third-order valence-electron chi connectivity index (χ3n) is 4.44. The Bertz CT molecular complexity index is 456. The number of halogens is 3. The lowest BCUT2D eigenvalue weighted by Crippen LogP contribution is -2.45. The van der Waals surface area contributed by atoms with Gasteiger partial charge in [0, 0.05) is 12.6 Å². The number of rotatable bonds is 8. The van der Waals surface area contributed by atoms with Gasteiger partial charge >= 0.3 is 6.18 Å². The van der Waals surface area contributed by atoms with Crippen molar-refractivity contribution >= 4 is 0 Å². The molecule has 0 unspecified atom stereocenters. The molecule has 0 amide bonds. The predicted octanol–water partition coefficient (Wildman–Crippen LogP) is 3.12. The normalized spacial score (nSPS) is 17.5. The van der Waals surface area contributed by atoms with Crippen LogP contribution in [-0.2, 0) is 6.54 Å². The van der Waals surface area contributed by atoms with Gasteiger partial charge in [-0.2, -0.15) is 13.2 Å². The van der Waals surface area contributed by atoms with Crippen molar-refractivity contribution in [1.82, 2.24) is 15.1 Å². The molecule has 136 valence electrons. The van der Waals surface area contributed by atoms with Crippen molar-refractivity contribution in [2.24, 2.45) is 0 Å². The van der Waals surface area contributed by atoms with Crippen LogP contribution >= 0.6 is 0 Å². The maximum absolute atomic E-state index is 12.4. The minimum Gasteiger partial charge on any atom is -0.314 e. The van der Waals surface area contributed by atoms with Gasteiger partial charge in [-0.1, -0.05) is 30.3 Å². The number of alkyl halides is 3. The van der Waals surface area contributed by atoms with Crippen molar-refractivity contribution in [2.75, 3.05) is 39.8 Å². The van der Waals surface area contributed by atoms with E-state index in [1.807, 2.05) is 6.07 Å². The van der Waals surface area contributed by atoms with Crippen LogP contribution in [0.2, 0.25) is 0 Å². The van der Waals surface area contributed by atoms with Crippen molar-refractivity contribution in [1.29, 1.82) is 0 Å². The molecule has 2 rings (SSSR count). The van der Waals surface area contributed by atoms with Crippen LogP contribution in [-0.4, -0.2) is 61.8 Å². The first-order valence-corrected chi connectivity index (χ1v) is 8.67. The molecule has 1 fully saturated rings. The minimum absolute atomic E-state index is 0.355. The quantitative estimate of drug-likeness (QED) is 0.732. The Morgan fingerprint density at radius 2 is 1.83 bits per heavy atom. The molecule has 0 spiro atoms. The highest BCUT2D eigenvalue weighted by atomic mass is 19.4. The average molecular weight is 343 g/mol. The molecule has 1 aromatic rings. The van der Waals surface area contributed by atoms with Crippen molar-refractivity contribution in [2.45, 2.75) is 38.0 Å². The molecule has 0 aliphatic carbocycles. The fourth-order valence-electron chi connectivity index (χ4n) is 3.18. The van der Waals surface area contributed by atoms with Gasteiger partial charge in [0.1, 0.15) is 0 Å². The molecule has 1 saturated heterocycles. The summed E-state index contributed by atoms with van der Waals surface area (Å²) in [5.41, 5.74) is 1.31. The van der Waals surface area contributed by atoms with Gasteiger partial charge in [0.2, 0.25) is 0 Å². The third kappa shape index (κ3) is 7.64. The van der Waals surface area contributed by atoms with Gasteiger partial charge in [-0.15, -0.1) is 0 Å². The Hall–Kier alpha value is -1.11. The van der Waals surface area contributed by atoms with Gasteiger partial charge in [0.25, 0.3) is 0 Å². The summed E-state index contributed by atoms with van der Waals surface area (Å²) in [5.74, 6) is 0. The first-order chi connectivity index (χ1) is 11.4. The summed E-state index contributed by atoms with van der Waals surface area (Å²) in [7, 11) is 2.11. The van der Waals surface area contributed by atoms with Crippen molar-refractivity contribution in [3.63, 3.8) is 0 Å². The molecule has 1 aromatic carbocycles. The van der Waals surface area contributed by atoms with Gasteiger partial charge in [-0.3, -0.25) is 4.90 Å². The molecule has 0 aromatic heterocycles. The summed E-state index contributed by atoms with van der Waals surface area (Å²) in [5, 5.41) is 3.49. The molecule has 6 heteroatoms. The van der Waals surface area contributed by atoms with E-state index in [9.17, 15) is 13.2 Å². The monoisotopic (exact) mass is 343 g/mol. The topological polar surface area (TPSA) is 18.5 Å². The van der Waals surface area contributed by atoms with E-state index in [0.29, 0.717) is 19.1 Å². The highest BCUT2D eigenvalue weighted by Crippen LogP contribution is 2.19. The summed E-state index contributed by atoms with van der Waals surface area (Å²) >= 11 is 0. The Morgan fingerprint density at radius 3 is 2.46 bits per heavy atom. The molecular weight excluding hydrogens is 315 g/mol. The molecular formula is C18H28F3N3. The van der Waals surface area contributed by atoms with Crippen LogP contribution < -0.4 is 5.32 Å². The number of hydrogen-bond acceptors (Lipinski definition) is 3. The number of benzene rings is 1. The van der Waals surface area contributed by atoms with Crippen LogP contribution in [0.3, 0.4) is 0 Å². The molecule has 0 radical (unpaired) electrons. The number of likely N-dealkylation sites (tertiary alicyclic amines) is 1. The molecule has 24 heavy (non-hydrogen) atoms. The summed E-state index contributed by atoms with van der Waals surface area (Å²) in [6.07, 6.45) is -1.43. The molecule has 0 bridgehead atoms. The minimum atomic E-state index is -4.08. The number of hydrogen-bond donors (Lipinski definition) is 1. The highest BCUT2D eigenvalue weighted by Gasteiger charge is 2.32. The SMILES string of the molecule is CN(CCCNC1CCN(CC(F)(F)F)CC1)Cc1ccccc1. The molecule has 3 nitrogen and oxygen atoms in total. The first kappa shape index (κ1) is 19.2. The van der Waals surface area contributed by atoms with Crippen molar-refractivity contribution < 1.29 is 13.2 Å². The van der Waals surface area contributed by atoms with E-state index >= 15 is 0 Å². The molecule has 1 aliphatic heterocycles. The van der Waals surface area contributed by atoms with E-state index in [1.54, 1.807) is 0 Å². The van der Waals surface area contributed by atoms with Gasteiger partial charge in [-0.05, 0) is 58.1 Å². The predicted molar refractivity (Wildman–Crippen MR) is 90.9 cm³/mol. The summed E-state index contributed by atoms with van der Waals surface area (Å²) < 4.78 is 37.1. The Balaban J connectivity index is 1.54. The van der Waals surface area contributed by atoms with E-state index in [4.69, 9.17) is 0 Å². The van der Waals surface area contributed by atoms with Crippen molar-refractivity contribution in [3.05, 3.63) is 35.9 Å². The maximum atomic E-state index is 12.4. The van der Waals surface area contributed by atoms with Crippen LogP contribution in [0.4, 0.5) is 13.2 Å². The van der Waals surface area contributed by atoms with Gasteiger partial charge in [0.05, 0.1) is 6.54 Å². The Morgan fingerprint density at radius 1 is 1.17 bits per heavy atom. The van der Waals surface area contributed by atoms with Crippen molar-refractivity contribution in [3.8, 4) is 0 Å². The third-order valence-corrected chi connectivity index (χ3v) is 4.44. The number of nitrogens with zero attached hydrogens (tertiary/aromatic N) is 2. The van der Waals surface area contributed by atoms with Crippen LogP contribution in [0.25, 0.3) is 0 Å². The molecule has 1 N–H and O–H groups in total. The van der Waals surface area contributed by atoms with Gasteiger partial charge < -0.3 is 10.2 Å². The largest absolute Gasteiger partial charge is 0.401 e.